The fourth-order valence-electron chi connectivity index (χ4n) is 1.80. The molecule has 0 spiro atoms. The molecule has 0 aliphatic rings. The van der Waals surface area contributed by atoms with Crippen LogP contribution in [0.1, 0.15) is 11.1 Å². The zero-order valence-corrected chi connectivity index (χ0v) is 11.4. The first-order valence-corrected chi connectivity index (χ1v) is 6.17. The molecule has 0 unspecified atom stereocenters. The van der Waals surface area contributed by atoms with Crippen molar-refractivity contribution >= 4 is 5.84 Å². The zero-order valence-electron chi connectivity index (χ0n) is 11.4. The molecule has 0 saturated heterocycles. The van der Waals surface area contributed by atoms with Crippen molar-refractivity contribution in [1.29, 1.82) is 0 Å². The topological polar surface area (TPSA) is 77.1 Å². The van der Waals surface area contributed by atoms with Crippen LogP contribution in [0, 0.1) is 5.82 Å². The van der Waals surface area contributed by atoms with E-state index in [1.807, 2.05) is 0 Å². The van der Waals surface area contributed by atoms with Gasteiger partial charge in [-0.15, -0.1) is 0 Å². The zero-order chi connectivity index (χ0) is 15.2. The van der Waals surface area contributed by atoms with Gasteiger partial charge in [-0.05, 0) is 42.5 Å². The van der Waals surface area contributed by atoms with E-state index in [9.17, 15) is 4.39 Å². The average molecular weight is 290 g/mol. The van der Waals surface area contributed by atoms with Gasteiger partial charge in [0.2, 0.25) is 0 Å². The standard InChI is InChI=1S/C15H15FN2O3/c1-20-14-7-2-10(15(17)18-19)8-11(14)9-21-13-5-3-12(16)4-6-13/h2-8,19H,9H2,1H3,(H2,17,18). The number of amidine groups is 1. The minimum atomic E-state index is -0.325. The summed E-state index contributed by atoms with van der Waals surface area (Å²) in [6, 6.07) is 10.8. The van der Waals surface area contributed by atoms with Crippen LogP contribution in [0.5, 0.6) is 11.5 Å². The third kappa shape index (κ3) is 3.62. The van der Waals surface area contributed by atoms with Crippen LogP contribution in [0.2, 0.25) is 0 Å². The molecule has 0 aromatic heterocycles. The predicted octanol–water partition coefficient (Wildman–Crippen LogP) is 2.51. The minimum Gasteiger partial charge on any atom is -0.496 e. The molecule has 0 bridgehead atoms. The van der Waals surface area contributed by atoms with Crippen LogP contribution in [-0.4, -0.2) is 18.2 Å². The van der Waals surface area contributed by atoms with E-state index >= 15 is 0 Å². The maximum absolute atomic E-state index is 12.8. The Hall–Kier alpha value is -2.76. The van der Waals surface area contributed by atoms with Gasteiger partial charge in [0.1, 0.15) is 23.9 Å². The van der Waals surface area contributed by atoms with Crippen LogP contribution >= 0.6 is 0 Å². The highest BCUT2D eigenvalue weighted by atomic mass is 19.1. The first kappa shape index (κ1) is 14.6. The highest BCUT2D eigenvalue weighted by Crippen LogP contribution is 2.22. The van der Waals surface area contributed by atoms with E-state index < -0.39 is 0 Å². The van der Waals surface area contributed by atoms with E-state index in [1.54, 1.807) is 25.3 Å². The van der Waals surface area contributed by atoms with Gasteiger partial charge >= 0.3 is 0 Å². The van der Waals surface area contributed by atoms with Crippen LogP contribution in [-0.2, 0) is 6.61 Å². The normalized spacial score (nSPS) is 11.2. The Morgan fingerprint density at radius 2 is 1.95 bits per heavy atom. The van der Waals surface area contributed by atoms with Crippen molar-refractivity contribution in [3.05, 3.63) is 59.4 Å². The Kier molecular flexibility index (Phi) is 4.61. The number of benzene rings is 2. The van der Waals surface area contributed by atoms with Gasteiger partial charge in [-0.25, -0.2) is 4.39 Å². The minimum absolute atomic E-state index is 0.000634. The number of halogens is 1. The van der Waals surface area contributed by atoms with Crippen molar-refractivity contribution in [3.8, 4) is 11.5 Å². The summed E-state index contributed by atoms with van der Waals surface area (Å²) in [5.74, 6) is 0.828. The van der Waals surface area contributed by atoms with Gasteiger partial charge < -0.3 is 20.4 Å². The monoisotopic (exact) mass is 290 g/mol. The third-order valence-electron chi connectivity index (χ3n) is 2.89. The van der Waals surface area contributed by atoms with E-state index in [1.165, 1.54) is 24.3 Å². The molecular formula is C15H15FN2O3. The Morgan fingerprint density at radius 3 is 2.57 bits per heavy atom. The summed E-state index contributed by atoms with van der Waals surface area (Å²) in [5.41, 5.74) is 6.83. The molecule has 0 atom stereocenters. The highest BCUT2D eigenvalue weighted by Gasteiger charge is 2.08. The predicted molar refractivity (Wildman–Crippen MR) is 76.2 cm³/mol. The molecule has 6 heteroatoms. The smallest absolute Gasteiger partial charge is 0.170 e. The Labute approximate surface area is 121 Å². The third-order valence-corrected chi connectivity index (χ3v) is 2.89. The van der Waals surface area contributed by atoms with Gasteiger partial charge in [0, 0.05) is 11.1 Å². The molecule has 0 fully saturated rings. The van der Waals surface area contributed by atoms with Gasteiger partial charge in [-0.3, -0.25) is 0 Å². The summed E-state index contributed by atoms with van der Waals surface area (Å²) < 4.78 is 23.6. The Balaban J connectivity index is 2.19. The van der Waals surface area contributed by atoms with Crippen molar-refractivity contribution < 1.29 is 19.1 Å². The largest absolute Gasteiger partial charge is 0.496 e. The molecule has 5 nitrogen and oxygen atoms in total. The summed E-state index contributed by atoms with van der Waals surface area (Å²) in [7, 11) is 1.54. The molecule has 0 aliphatic carbocycles. The first-order valence-electron chi connectivity index (χ1n) is 6.17. The number of nitrogens with two attached hydrogens (primary N) is 1. The highest BCUT2D eigenvalue weighted by molar-refractivity contribution is 5.97. The second-order valence-electron chi connectivity index (χ2n) is 4.25. The maximum Gasteiger partial charge on any atom is 0.170 e. The van der Waals surface area contributed by atoms with E-state index in [4.69, 9.17) is 20.4 Å². The number of nitrogens with zero attached hydrogens (tertiary/aromatic N) is 1. The number of hydrogen-bond acceptors (Lipinski definition) is 4. The molecule has 2 aromatic carbocycles. The fraction of sp³-hybridized carbons (Fsp3) is 0.133. The molecule has 0 amide bonds. The fourth-order valence-corrected chi connectivity index (χ4v) is 1.80. The lowest BCUT2D eigenvalue weighted by Gasteiger charge is -2.12. The van der Waals surface area contributed by atoms with Crippen LogP contribution < -0.4 is 15.2 Å². The summed E-state index contributed by atoms with van der Waals surface area (Å²) >= 11 is 0. The van der Waals surface area contributed by atoms with Crippen molar-refractivity contribution in [2.45, 2.75) is 6.61 Å². The maximum atomic E-state index is 12.8. The van der Waals surface area contributed by atoms with Gasteiger partial charge in [-0.2, -0.15) is 0 Å². The summed E-state index contributed by atoms with van der Waals surface area (Å²) in [5, 5.41) is 11.7. The molecule has 2 aromatic rings. The quantitative estimate of drug-likeness (QED) is 0.384. The summed E-state index contributed by atoms with van der Waals surface area (Å²) in [6.07, 6.45) is 0. The number of hydrogen-bond donors (Lipinski definition) is 2. The molecule has 3 N–H and O–H groups in total. The molecule has 110 valence electrons. The van der Waals surface area contributed by atoms with Gasteiger partial charge in [0.05, 0.1) is 7.11 Å². The molecule has 0 saturated carbocycles. The van der Waals surface area contributed by atoms with Crippen molar-refractivity contribution in [2.75, 3.05) is 7.11 Å². The number of methoxy groups -OCH3 is 1. The lowest BCUT2D eigenvalue weighted by molar-refractivity contribution is 0.296. The van der Waals surface area contributed by atoms with Gasteiger partial charge in [-0.1, -0.05) is 5.16 Å². The molecule has 0 heterocycles. The molecule has 2 rings (SSSR count). The van der Waals surface area contributed by atoms with Gasteiger partial charge in [0.15, 0.2) is 5.84 Å². The molecule has 0 aliphatic heterocycles. The van der Waals surface area contributed by atoms with Crippen LogP contribution in [0.15, 0.2) is 47.6 Å². The number of ether oxygens (including phenoxy) is 2. The second kappa shape index (κ2) is 6.60. The van der Waals surface area contributed by atoms with Crippen LogP contribution in [0.3, 0.4) is 0 Å². The van der Waals surface area contributed by atoms with Crippen LogP contribution in [0.25, 0.3) is 0 Å². The first-order chi connectivity index (χ1) is 10.1. The van der Waals surface area contributed by atoms with Crippen molar-refractivity contribution in [1.82, 2.24) is 0 Å². The van der Waals surface area contributed by atoms with Crippen molar-refractivity contribution in [3.63, 3.8) is 0 Å². The number of oxime groups is 1. The van der Waals surface area contributed by atoms with Gasteiger partial charge in [0.25, 0.3) is 0 Å². The SMILES string of the molecule is COc1ccc(/C(N)=N/O)cc1COc1ccc(F)cc1. The summed E-state index contributed by atoms with van der Waals surface area (Å²) in [6.45, 7) is 0.210. The second-order valence-corrected chi connectivity index (χ2v) is 4.25. The molecule has 0 radical (unpaired) electrons. The van der Waals surface area contributed by atoms with Crippen LogP contribution in [0.4, 0.5) is 4.39 Å². The Morgan fingerprint density at radius 1 is 1.24 bits per heavy atom. The molecule has 21 heavy (non-hydrogen) atoms. The van der Waals surface area contributed by atoms with Crippen molar-refractivity contribution in [2.24, 2.45) is 10.9 Å². The van der Waals surface area contributed by atoms with E-state index in [0.29, 0.717) is 17.1 Å². The Bertz CT molecular complexity index is 642. The summed E-state index contributed by atoms with van der Waals surface area (Å²) in [4.78, 5) is 0. The average Bonchev–Trinajstić information content (AvgIpc) is 2.53. The van der Waals surface area contributed by atoms with E-state index in [-0.39, 0.29) is 18.3 Å². The molecular weight excluding hydrogens is 275 g/mol. The number of rotatable bonds is 5. The lowest BCUT2D eigenvalue weighted by atomic mass is 10.1. The lowest BCUT2D eigenvalue weighted by Crippen LogP contribution is -2.13. The van der Waals surface area contributed by atoms with E-state index in [2.05, 4.69) is 5.16 Å². The van der Waals surface area contributed by atoms with E-state index in [0.717, 1.165) is 5.56 Å².